The van der Waals surface area contributed by atoms with Crippen LogP contribution >= 0.6 is 0 Å². The maximum Gasteiger partial charge on any atom is 0.217 e. The number of nitrogens with zero attached hydrogens (tertiary/aromatic N) is 2. The molecule has 1 aromatic carbocycles. The van der Waals surface area contributed by atoms with E-state index in [2.05, 4.69) is 25.9 Å². The second-order valence-electron chi connectivity index (χ2n) is 5.70. The van der Waals surface area contributed by atoms with E-state index in [-0.39, 0.29) is 0 Å². The van der Waals surface area contributed by atoms with Gasteiger partial charge in [0.05, 0.1) is 11.4 Å². The molecule has 0 unspecified atom stereocenters. The summed E-state index contributed by atoms with van der Waals surface area (Å²) in [6.45, 7) is 6.53. The summed E-state index contributed by atoms with van der Waals surface area (Å²) in [6, 6.07) is 9.83. The fourth-order valence-electron chi connectivity index (χ4n) is 2.39. The second kappa shape index (κ2) is 6.60. The smallest absolute Gasteiger partial charge is 0.217 e. The van der Waals surface area contributed by atoms with Crippen LogP contribution in [0.25, 0.3) is 5.69 Å². The molecule has 0 radical (unpaired) electrons. The van der Waals surface area contributed by atoms with Gasteiger partial charge in [0.25, 0.3) is 0 Å². The average Bonchev–Trinajstić information content (AvgIpc) is 2.73. The van der Waals surface area contributed by atoms with Gasteiger partial charge >= 0.3 is 0 Å². The first-order chi connectivity index (χ1) is 9.63. The Morgan fingerprint density at radius 2 is 1.90 bits per heavy atom. The van der Waals surface area contributed by atoms with Crippen LogP contribution in [0.1, 0.15) is 44.9 Å². The zero-order valence-electron chi connectivity index (χ0n) is 12.6. The van der Waals surface area contributed by atoms with Gasteiger partial charge in [-0.25, -0.2) is 4.68 Å². The lowest BCUT2D eigenvalue weighted by Gasteiger charge is -2.04. The first kappa shape index (κ1) is 14.6. The molecule has 0 aliphatic rings. The van der Waals surface area contributed by atoms with Gasteiger partial charge in [0.2, 0.25) is 5.88 Å². The van der Waals surface area contributed by atoms with Crippen molar-refractivity contribution in [3.8, 4) is 11.6 Å². The molecule has 2 rings (SSSR count). The third-order valence-corrected chi connectivity index (χ3v) is 3.42. The Labute approximate surface area is 121 Å². The number of aromatic nitrogens is 2. The normalized spacial score (nSPS) is 11.2. The van der Waals surface area contributed by atoms with E-state index < -0.39 is 0 Å². The molecule has 0 bridgehead atoms. The Bertz CT molecular complexity index is 544. The van der Waals surface area contributed by atoms with Crippen LogP contribution in [0.4, 0.5) is 0 Å². The van der Waals surface area contributed by atoms with E-state index in [1.54, 1.807) is 4.68 Å². The number of benzene rings is 1. The molecule has 0 aliphatic heterocycles. The molecule has 0 amide bonds. The van der Waals surface area contributed by atoms with Crippen LogP contribution in [0.3, 0.4) is 0 Å². The zero-order valence-corrected chi connectivity index (χ0v) is 12.6. The Morgan fingerprint density at radius 1 is 1.20 bits per heavy atom. The van der Waals surface area contributed by atoms with Gasteiger partial charge in [-0.05, 0) is 37.3 Å². The molecule has 1 N–H and O–H groups in total. The number of hydrogen-bond acceptors (Lipinski definition) is 2. The molecule has 0 saturated heterocycles. The summed E-state index contributed by atoms with van der Waals surface area (Å²) < 4.78 is 1.67. The monoisotopic (exact) mass is 272 g/mol. The highest BCUT2D eigenvalue weighted by Gasteiger charge is 2.18. The Hall–Kier alpha value is -1.77. The van der Waals surface area contributed by atoms with Crippen molar-refractivity contribution in [2.24, 2.45) is 5.92 Å². The summed E-state index contributed by atoms with van der Waals surface area (Å²) in [4.78, 5) is 0. The highest BCUT2D eigenvalue weighted by atomic mass is 16.3. The van der Waals surface area contributed by atoms with Crippen LogP contribution in [0.15, 0.2) is 30.3 Å². The molecule has 3 nitrogen and oxygen atoms in total. The van der Waals surface area contributed by atoms with Crippen LogP contribution in [0.2, 0.25) is 0 Å². The molecule has 108 valence electrons. The topological polar surface area (TPSA) is 38.0 Å². The number of unbranched alkanes of at least 4 members (excludes halogenated alkanes) is 1. The largest absolute Gasteiger partial charge is 0.493 e. The Kier molecular flexibility index (Phi) is 4.83. The van der Waals surface area contributed by atoms with Crippen LogP contribution in [-0.2, 0) is 12.8 Å². The summed E-state index contributed by atoms with van der Waals surface area (Å²) in [5.41, 5.74) is 2.97. The summed E-state index contributed by atoms with van der Waals surface area (Å²) in [7, 11) is 0. The molecule has 20 heavy (non-hydrogen) atoms. The van der Waals surface area contributed by atoms with E-state index in [9.17, 15) is 5.11 Å². The number of hydrogen-bond donors (Lipinski definition) is 1. The van der Waals surface area contributed by atoms with Gasteiger partial charge in [0, 0.05) is 5.56 Å². The molecule has 0 fully saturated rings. The highest BCUT2D eigenvalue weighted by molar-refractivity contribution is 5.40. The van der Waals surface area contributed by atoms with Gasteiger partial charge in [-0.2, -0.15) is 5.10 Å². The van der Waals surface area contributed by atoms with Crippen molar-refractivity contribution in [1.82, 2.24) is 9.78 Å². The van der Waals surface area contributed by atoms with Crippen molar-refractivity contribution in [1.29, 1.82) is 0 Å². The molecule has 3 heteroatoms. The minimum atomic E-state index is 0.306. The van der Waals surface area contributed by atoms with E-state index >= 15 is 0 Å². The maximum atomic E-state index is 10.5. The van der Waals surface area contributed by atoms with E-state index in [1.807, 2.05) is 30.3 Å². The summed E-state index contributed by atoms with van der Waals surface area (Å²) >= 11 is 0. The number of para-hydroxylation sites is 1. The Balaban J connectivity index is 2.41. The van der Waals surface area contributed by atoms with Crippen molar-refractivity contribution in [3.63, 3.8) is 0 Å². The van der Waals surface area contributed by atoms with Crippen molar-refractivity contribution in [2.45, 2.75) is 46.5 Å². The average molecular weight is 272 g/mol. The van der Waals surface area contributed by atoms with Crippen LogP contribution < -0.4 is 0 Å². The molecular weight excluding hydrogens is 248 g/mol. The fraction of sp³-hybridized carbons (Fsp3) is 0.471. The molecule has 2 aromatic rings. The molecule has 0 aliphatic carbocycles. The third-order valence-electron chi connectivity index (χ3n) is 3.42. The lowest BCUT2D eigenvalue weighted by atomic mass is 10.0. The van der Waals surface area contributed by atoms with Gasteiger partial charge in [-0.15, -0.1) is 0 Å². The van der Waals surface area contributed by atoms with E-state index in [0.29, 0.717) is 11.8 Å². The first-order valence-electron chi connectivity index (χ1n) is 7.48. The lowest BCUT2D eigenvalue weighted by Crippen LogP contribution is -2.00. The molecular formula is C17H24N2O. The quantitative estimate of drug-likeness (QED) is 0.859. The van der Waals surface area contributed by atoms with Crippen LogP contribution in [-0.4, -0.2) is 14.9 Å². The van der Waals surface area contributed by atoms with E-state index in [0.717, 1.165) is 42.6 Å². The minimum absolute atomic E-state index is 0.306. The number of rotatable bonds is 6. The SMILES string of the molecule is CCCCc1c(CC(C)C)nn(-c2ccccc2)c1O. The first-order valence-corrected chi connectivity index (χ1v) is 7.48. The molecule has 1 aromatic heterocycles. The van der Waals surface area contributed by atoms with E-state index in [1.165, 1.54) is 0 Å². The summed E-state index contributed by atoms with van der Waals surface area (Å²) in [6.07, 6.45) is 4.01. The molecule has 1 heterocycles. The van der Waals surface area contributed by atoms with Crippen molar-refractivity contribution in [3.05, 3.63) is 41.6 Å². The maximum absolute atomic E-state index is 10.5. The van der Waals surface area contributed by atoms with E-state index in [4.69, 9.17) is 0 Å². The van der Waals surface area contributed by atoms with Gasteiger partial charge in [-0.3, -0.25) is 0 Å². The minimum Gasteiger partial charge on any atom is -0.493 e. The van der Waals surface area contributed by atoms with Gasteiger partial charge in [-0.1, -0.05) is 45.4 Å². The third kappa shape index (κ3) is 3.21. The predicted octanol–water partition coefficient (Wildman–Crippen LogP) is 4.12. The molecule has 0 saturated carbocycles. The summed E-state index contributed by atoms with van der Waals surface area (Å²) in [5.74, 6) is 0.842. The summed E-state index contributed by atoms with van der Waals surface area (Å²) in [5, 5.41) is 15.1. The van der Waals surface area contributed by atoms with Gasteiger partial charge in [0.15, 0.2) is 0 Å². The predicted molar refractivity (Wildman–Crippen MR) is 82.4 cm³/mol. The van der Waals surface area contributed by atoms with Crippen molar-refractivity contribution >= 4 is 0 Å². The van der Waals surface area contributed by atoms with Gasteiger partial charge < -0.3 is 5.11 Å². The molecule has 0 atom stereocenters. The lowest BCUT2D eigenvalue weighted by molar-refractivity contribution is 0.427. The fourth-order valence-corrected chi connectivity index (χ4v) is 2.39. The van der Waals surface area contributed by atoms with Gasteiger partial charge in [0.1, 0.15) is 0 Å². The standard InChI is InChI=1S/C17H24N2O/c1-4-5-11-15-16(12-13(2)3)18-19(17(15)20)14-9-7-6-8-10-14/h6-10,13,20H,4-5,11-12H2,1-3H3. The van der Waals surface area contributed by atoms with Crippen LogP contribution in [0.5, 0.6) is 5.88 Å². The van der Waals surface area contributed by atoms with Crippen molar-refractivity contribution in [2.75, 3.05) is 0 Å². The second-order valence-corrected chi connectivity index (χ2v) is 5.70. The molecule has 0 spiro atoms. The van der Waals surface area contributed by atoms with Crippen LogP contribution in [0, 0.1) is 5.92 Å². The number of aromatic hydroxyl groups is 1. The zero-order chi connectivity index (χ0) is 14.5. The van der Waals surface area contributed by atoms with Crippen molar-refractivity contribution < 1.29 is 5.11 Å². The highest BCUT2D eigenvalue weighted by Crippen LogP contribution is 2.28. The Morgan fingerprint density at radius 3 is 2.50 bits per heavy atom.